The summed E-state index contributed by atoms with van der Waals surface area (Å²) in [5.41, 5.74) is 1.03. The summed E-state index contributed by atoms with van der Waals surface area (Å²) in [5, 5.41) is 0. The molecule has 0 bridgehead atoms. The summed E-state index contributed by atoms with van der Waals surface area (Å²) >= 11 is 0. The fourth-order valence-electron chi connectivity index (χ4n) is 2.98. The van der Waals surface area contributed by atoms with Crippen LogP contribution in [0.5, 0.6) is 0 Å². The van der Waals surface area contributed by atoms with Gasteiger partial charge in [0.15, 0.2) is 5.78 Å². The van der Waals surface area contributed by atoms with Gasteiger partial charge in [0.2, 0.25) is 0 Å². The lowest BCUT2D eigenvalue weighted by molar-refractivity contribution is 0.0982. The van der Waals surface area contributed by atoms with Gasteiger partial charge >= 0.3 is 10.2 Å². The first-order chi connectivity index (χ1) is 10.00. The van der Waals surface area contributed by atoms with Crippen LogP contribution in [-0.2, 0) is 10.2 Å². The molecular weight excluding hydrogens is 288 g/mol. The normalized spacial score (nSPS) is 21.4. The van der Waals surface area contributed by atoms with Crippen molar-refractivity contribution < 1.29 is 13.2 Å². The van der Waals surface area contributed by atoms with Crippen molar-refractivity contribution in [2.75, 3.05) is 23.9 Å². The minimum atomic E-state index is -3.53. The third-order valence-electron chi connectivity index (χ3n) is 4.36. The molecule has 1 saturated heterocycles. The van der Waals surface area contributed by atoms with Crippen LogP contribution in [0.3, 0.4) is 0 Å². The van der Waals surface area contributed by atoms with Crippen LogP contribution >= 0.6 is 0 Å². The predicted octanol–water partition coefficient (Wildman–Crippen LogP) is 2.06. The predicted molar refractivity (Wildman–Crippen MR) is 81.6 cm³/mol. The summed E-state index contributed by atoms with van der Waals surface area (Å²) in [7, 11) is -3.53. The van der Waals surface area contributed by atoms with E-state index < -0.39 is 10.2 Å². The number of anilines is 1. The number of hydrogen-bond donors (Lipinski definition) is 0. The molecule has 2 aliphatic heterocycles. The Balaban J connectivity index is 1.93. The van der Waals surface area contributed by atoms with Gasteiger partial charge in [-0.05, 0) is 30.9 Å². The molecule has 21 heavy (non-hydrogen) atoms. The van der Waals surface area contributed by atoms with Gasteiger partial charge in [-0.3, -0.25) is 9.10 Å². The number of rotatable bonds is 2. The molecule has 0 atom stereocenters. The molecule has 1 fully saturated rings. The standard InChI is InChI=1S/C15H20N2O3S/c1-12-6-9-16(10-7-12)21(19,20)17-11-8-15(18)13-4-2-3-5-14(13)17/h2-5,12H,6-11H2,1H3. The minimum absolute atomic E-state index is 0.0179. The number of ketones is 1. The number of carbonyl (C=O) groups excluding carboxylic acids is 1. The molecule has 0 unspecified atom stereocenters. The Hall–Kier alpha value is -1.40. The fraction of sp³-hybridized carbons (Fsp3) is 0.533. The lowest BCUT2D eigenvalue weighted by Gasteiger charge is -2.37. The lowest BCUT2D eigenvalue weighted by atomic mass is 10.0. The molecule has 5 nitrogen and oxygen atoms in total. The molecule has 6 heteroatoms. The molecule has 1 aromatic carbocycles. The highest BCUT2D eigenvalue weighted by Gasteiger charge is 2.36. The zero-order chi connectivity index (χ0) is 15.0. The number of fused-ring (bicyclic) bond motifs is 1. The third kappa shape index (κ3) is 2.58. The SMILES string of the molecule is CC1CCN(S(=O)(=O)N2CCC(=O)c3ccccc32)CC1. The molecule has 0 aliphatic carbocycles. The summed E-state index contributed by atoms with van der Waals surface area (Å²) in [6, 6.07) is 6.97. The van der Waals surface area contributed by atoms with Gasteiger partial charge in [-0.25, -0.2) is 0 Å². The average molecular weight is 308 g/mol. The van der Waals surface area contributed by atoms with Crippen molar-refractivity contribution in [2.24, 2.45) is 5.92 Å². The van der Waals surface area contributed by atoms with Gasteiger partial charge in [-0.1, -0.05) is 19.1 Å². The number of carbonyl (C=O) groups is 1. The Morgan fingerprint density at radius 1 is 1.10 bits per heavy atom. The van der Waals surface area contributed by atoms with Gasteiger partial charge in [-0.2, -0.15) is 12.7 Å². The van der Waals surface area contributed by atoms with Crippen molar-refractivity contribution in [1.82, 2.24) is 4.31 Å². The van der Waals surface area contributed by atoms with Crippen molar-refractivity contribution in [2.45, 2.75) is 26.2 Å². The van der Waals surface area contributed by atoms with Crippen molar-refractivity contribution >= 4 is 21.7 Å². The second kappa shape index (κ2) is 5.42. The number of nitrogens with zero attached hydrogens (tertiary/aromatic N) is 2. The minimum Gasteiger partial charge on any atom is -0.294 e. The summed E-state index contributed by atoms with van der Waals surface area (Å²) in [6.45, 7) is 3.52. The fourth-order valence-corrected chi connectivity index (χ4v) is 4.66. The highest BCUT2D eigenvalue weighted by molar-refractivity contribution is 7.90. The molecule has 114 valence electrons. The molecule has 2 heterocycles. The molecule has 0 saturated carbocycles. The Morgan fingerprint density at radius 2 is 1.76 bits per heavy atom. The molecular formula is C15H20N2O3S. The Labute approximate surface area is 125 Å². The zero-order valence-corrected chi connectivity index (χ0v) is 13.0. The van der Waals surface area contributed by atoms with Gasteiger partial charge in [0.25, 0.3) is 0 Å². The summed E-state index contributed by atoms with van der Waals surface area (Å²) in [5.74, 6) is 0.594. The Kier molecular flexibility index (Phi) is 3.75. The van der Waals surface area contributed by atoms with E-state index in [0.29, 0.717) is 30.3 Å². The molecule has 2 aliphatic rings. The molecule has 0 amide bonds. The summed E-state index contributed by atoms with van der Waals surface area (Å²) in [4.78, 5) is 11.9. The van der Waals surface area contributed by atoms with Gasteiger partial charge in [0.05, 0.1) is 5.69 Å². The number of benzene rings is 1. The van der Waals surface area contributed by atoms with Crippen molar-refractivity contribution in [3.8, 4) is 0 Å². The van der Waals surface area contributed by atoms with Crippen LogP contribution in [0.1, 0.15) is 36.5 Å². The zero-order valence-electron chi connectivity index (χ0n) is 12.2. The first-order valence-corrected chi connectivity index (χ1v) is 8.80. The largest absolute Gasteiger partial charge is 0.304 e. The molecule has 1 aromatic rings. The second-order valence-corrected chi connectivity index (χ2v) is 7.70. The van der Waals surface area contributed by atoms with Crippen LogP contribution in [0.15, 0.2) is 24.3 Å². The third-order valence-corrected chi connectivity index (χ3v) is 6.32. The summed E-state index contributed by atoms with van der Waals surface area (Å²) < 4.78 is 28.7. The molecule has 0 spiro atoms. The molecule has 0 N–H and O–H groups in total. The van der Waals surface area contributed by atoms with Gasteiger partial charge in [0, 0.05) is 31.6 Å². The van der Waals surface area contributed by atoms with Crippen LogP contribution in [0.2, 0.25) is 0 Å². The van der Waals surface area contributed by atoms with Crippen molar-refractivity contribution in [1.29, 1.82) is 0 Å². The van der Waals surface area contributed by atoms with Gasteiger partial charge < -0.3 is 0 Å². The van der Waals surface area contributed by atoms with Gasteiger partial charge in [0.1, 0.15) is 0 Å². The maximum atomic E-state index is 12.9. The Bertz CT molecular complexity index is 649. The topological polar surface area (TPSA) is 57.7 Å². The highest BCUT2D eigenvalue weighted by Crippen LogP contribution is 2.31. The highest BCUT2D eigenvalue weighted by atomic mass is 32.2. The summed E-state index contributed by atoms with van der Waals surface area (Å²) in [6.07, 6.45) is 2.04. The van der Waals surface area contributed by atoms with Gasteiger partial charge in [-0.15, -0.1) is 0 Å². The molecule has 3 rings (SSSR count). The quantitative estimate of drug-likeness (QED) is 0.840. The maximum Gasteiger partial charge on any atom is 0.304 e. The van der Waals surface area contributed by atoms with E-state index in [9.17, 15) is 13.2 Å². The van der Waals surface area contributed by atoms with E-state index in [1.807, 2.05) is 0 Å². The van der Waals surface area contributed by atoms with E-state index >= 15 is 0 Å². The van der Waals surface area contributed by atoms with E-state index in [0.717, 1.165) is 12.8 Å². The van der Waals surface area contributed by atoms with E-state index in [-0.39, 0.29) is 18.7 Å². The van der Waals surface area contributed by atoms with E-state index in [4.69, 9.17) is 0 Å². The Morgan fingerprint density at radius 3 is 2.48 bits per heavy atom. The average Bonchev–Trinajstić information content (AvgIpc) is 2.48. The number of Topliss-reactive ketones (excluding diaryl/α,β-unsaturated/α-hetero) is 1. The maximum absolute atomic E-state index is 12.9. The number of para-hydroxylation sites is 1. The van der Waals surface area contributed by atoms with Crippen molar-refractivity contribution in [3.05, 3.63) is 29.8 Å². The number of hydrogen-bond acceptors (Lipinski definition) is 3. The lowest BCUT2D eigenvalue weighted by Crippen LogP contribution is -2.49. The van der Waals surface area contributed by atoms with E-state index in [1.165, 1.54) is 4.31 Å². The second-order valence-electron chi connectivity index (χ2n) is 5.85. The van der Waals surface area contributed by atoms with Crippen LogP contribution in [0.25, 0.3) is 0 Å². The van der Waals surface area contributed by atoms with E-state index in [1.54, 1.807) is 28.6 Å². The number of piperidine rings is 1. The van der Waals surface area contributed by atoms with Crippen LogP contribution in [0.4, 0.5) is 5.69 Å². The van der Waals surface area contributed by atoms with Crippen LogP contribution < -0.4 is 4.31 Å². The first-order valence-electron chi connectivity index (χ1n) is 7.40. The first kappa shape index (κ1) is 14.5. The van der Waals surface area contributed by atoms with Crippen molar-refractivity contribution in [3.63, 3.8) is 0 Å². The molecule has 0 aromatic heterocycles. The smallest absolute Gasteiger partial charge is 0.294 e. The monoisotopic (exact) mass is 308 g/mol. The van der Waals surface area contributed by atoms with Crippen LogP contribution in [0, 0.1) is 5.92 Å². The molecule has 0 radical (unpaired) electrons. The van der Waals surface area contributed by atoms with Crippen LogP contribution in [-0.4, -0.2) is 38.1 Å². The van der Waals surface area contributed by atoms with E-state index in [2.05, 4.69) is 6.92 Å².